The second kappa shape index (κ2) is 9.37. The van der Waals surface area contributed by atoms with E-state index in [-0.39, 0.29) is 5.56 Å². The van der Waals surface area contributed by atoms with E-state index in [1.807, 2.05) is 0 Å². The molecule has 0 aromatic heterocycles. The van der Waals surface area contributed by atoms with Gasteiger partial charge in [0.1, 0.15) is 17.9 Å². The van der Waals surface area contributed by atoms with Crippen LogP contribution in [0.5, 0.6) is 5.75 Å². The third-order valence-electron chi connectivity index (χ3n) is 3.04. The summed E-state index contributed by atoms with van der Waals surface area (Å²) >= 11 is 0. The van der Waals surface area contributed by atoms with Gasteiger partial charge in [0, 0.05) is 6.54 Å². The zero-order valence-electron chi connectivity index (χ0n) is 12.4. The summed E-state index contributed by atoms with van der Waals surface area (Å²) in [6.45, 7) is 6.67. The number of hydrogen-bond donors (Lipinski definition) is 2. The lowest BCUT2D eigenvalue weighted by molar-refractivity contribution is 0.0692. The molecule has 112 valence electrons. The molecule has 0 unspecified atom stereocenters. The Kier molecular flexibility index (Phi) is 7.73. The van der Waals surface area contributed by atoms with Crippen LogP contribution in [-0.2, 0) is 0 Å². The van der Waals surface area contributed by atoms with Crippen LogP contribution in [0.1, 0.15) is 43.5 Å². The maximum atomic E-state index is 11.0. The monoisotopic (exact) mass is 279 g/mol. The topological polar surface area (TPSA) is 58.6 Å². The van der Waals surface area contributed by atoms with Crippen LogP contribution in [0.25, 0.3) is 0 Å². The molecule has 1 aromatic carbocycles. The highest BCUT2D eigenvalue weighted by atomic mass is 16.5. The quantitative estimate of drug-likeness (QED) is 0.646. The first-order valence-corrected chi connectivity index (χ1v) is 7.27. The van der Waals surface area contributed by atoms with E-state index >= 15 is 0 Å². The van der Waals surface area contributed by atoms with E-state index < -0.39 is 5.97 Å². The molecule has 0 bridgehead atoms. The minimum atomic E-state index is -0.956. The average molecular weight is 279 g/mol. The number of nitrogens with one attached hydrogen (secondary N) is 1. The molecule has 4 nitrogen and oxygen atoms in total. The number of carboxylic acids is 1. The Morgan fingerprint density at radius 2 is 2.00 bits per heavy atom. The Morgan fingerprint density at radius 1 is 1.25 bits per heavy atom. The lowest BCUT2D eigenvalue weighted by Crippen LogP contribution is -2.22. The van der Waals surface area contributed by atoms with Gasteiger partial charge in [-0.1, -0.05) is 38.8 Å². The molecular weight excluding hydrogens is 254 g/mol. The van der Waals surface area contributed by atoms with E-state index in [2.05, 4.69) is 19.2 Å². The standard InChI is InChI=1S/C16H25NO3/c1-13(2)7-5-6-10-17-11-12-20-15-9-4-3-8-14(15)16(18)19/h3-4,8-9,13,17H,5-7,10-12H2,1-2H3,(H,18,19). The van der Waals surface area contributed by atoms with Gasteiger partial charge < -0.3 is 15.2 Å². The molecule has 1 rings (SSSR count). The Labute approximate surface area is 121 Å². The van der Waals surface area contributed by atoms with E-state index in [0.29, 0.717) is 12.4 Å². The third-order valence-corrected chi connectivity index (χ3v) is 3.04. The highest BCUT2D eigenvalue weighted by Gasteiger charge is 2.09. The van der Waals surface area contributed by atoms with E-state index in [1.54, 1.807) is 24.3 Å². The highest BCUT2D eigenvalue weighted by Crippen LogP contribution is 2.17. The number of hydrogen-bond acceptors (Lipinski definition) is 3. The van der Waals surface area contributed by atoms with Gasteiger partial charge in [0.2, 0.25) is 0 Å². The molecule has 0 fully saturated rings. The van der Waals surface area contributed by atoms with Crippen LogP contribution in [0, 0.1) is 5.92 Å². The minimum absolute atomic E-state index is 0.212. The van der Waals surface area contributed by atoms with Crippen molar-refractivity contribution in [2.75, 3.05) is 19.7 Å². The van der Waals surface area contributed by atoms with E-state index in [4.69, 9.17) is 9.84 Å². The van der Waals surface area contributed by atoms with Gasteiger partial charge >= 0.3 is 5.97 Å². The fourth-order valence-corrected chi connectivity index (χ4v) is 1.93. The van der Waals surface area contributed by atoms with Crippen molar-refractivity contribution in [1.29, 1.82) is 0 Å². The molecule has 4 heteroatoms. The van der Waals surface area contributed by atoms with Crippen LogP contribution in [0.15, 0.2) is 24.3 Å². The number of carbonyl (C=O) groups is 1. The van der Waals surface area contributed by atoms with Crippen molar-refractivity contribution in [2.45, 2.75) is 33.1 Å². The predicted octanol–water partition coefficient (Wildman–Crippen LogP) is 3.18. The van der Waals surface area contributed by atoms with Crippen LogP contribution in [0.2, 0.25) is 0 Å². The van der Waals surface area contributed by atoms with E-state index in [9.17, 15) is 4.79 Å². The van der Waals surface area contributed by atoms with E-state index in [1.165, 1.54) is 19.3 Å². The maximum Gasteiger partial charge on any atom is 0.339 e. The molecule has 0 aliphatic heterocycles. The van der Waals surface area contributed by atoms with Gasteiger partial charge in [-0.25, -0.2) is 4.79 Å². The molecule has 0 spiro atoms. The molecule has 0 aliphatic carbocycles. The number of aromatic carboxylic acids is 1. The Balaban J connectivity index is 2.14. The molecule has 0 heterocycles. The molecule has 0 amide bonds. The normalized spacial score (nSPS) is 10.8. The summed E-state index contributed by atoms with van der Waals surface area (Å²) in [6, 6.07) is 6.72. The summed E-state index contributed by atoms with van der Waals surface area (Å²) in [5.41, 5.74) is 0.212. The number of para-hydroxylation sites is 1. The zero-order valence-corrected chi connectivity index (χ0v) is 12.4. The summed E-state index contributed by atoms with van der Waals surface area (Å²) in [7, 11) is 0. The highest BCUT2D eigenvalue weighted by molar-refractivity contribution is 5.90. The van der Waals surface area contributed by atoms with Crippen LogP contribution in [0.3, 0.4) is 0 Å². The third kappa shape index (κ3) is 6.57. The van der Waals surface area contributed by atoms with Crippen molar-refractivity contribution >= 4 is 5.97 Å². The van der Waals surface area contributed by atoms with Crippen molar-refractivity contribution in [3.63, 3.8) is 0 Å². The second-order valence-electron chi connectivity index (χ2n) is 5.29. The van der Waals surface area contributed by atoms with Crippen LogP contribution >= 0.6 is 0 Å². The molecular formula is C16H25NO3. The molecule has 1 aromatic rings. The van der Waals surface area contributed by atoms with Crippen LogP contribution in [0.4, 0.5) is 0 Å². The Morgan fingerprint density at radius 3 is 2.70 bits per heavy atom. The van der Waals surface area contributed by atoms with Crippen LogP contribution < -0.4 is 10.1 Å². The fourth-order valence-electron chi connectivity index (χ4n) is 1.93. The van der Waals surface area contributed by atoms with Crippen molar-refractivity contribution in [3.05, 3.63) is 29.8 Å². The van der Waals surface area contributed by atoms with Gasteiger partial charge in [-0.05, 0) is 31.0 Å². The van der Waals surface area contributed by atoms with E-state index in [0.717, 1.165) is 19.0 Å². The molecule has 0 aliphatic rings. The van der Waals surface area contributed by atoms with Gasteiger partial charge in [-0.15, -0.1) is 0 Å². The first kappa shape index (κ1) is 16.5. The van der Waals surface area contributed by atoms with Crippen molar-refractivity contribution < 1.29 is 14.6 Å². The SMILES string of the molecule is CC(C)CCCCNCCOc1ccccc1C(=O)O. The fraction of sp³-hybridized carbons (Fsp3) is 0.562. The largest absolute Gasteiger partial charge is 0.491 e. The number of unbranched alkanes of at least 4 members (excludes halogenated alkanes) is 1. The van der Waals surface area contributed by atoms with Crippen molar-refractivity contribution in [1.82, 2.24) is 5.32 Å². The van der Waals surface area contributed by atoms with Gasteiger partial charge in [-0.3, -0.25) is 0 Å². The summed E-state index contributed by atoms with van der Waals surface area (Å²) in [5.74, 6) is 0.245. The van der Waals surface area contributed by atoms with Crippen molar-refractivity contribution in [3.8, 4) is 5.75 Å². The van der Waals surface area contributed by atoms with Crippen LogP contribution in [-0.4, -0.2) is 30.8 Å². The average Bonchev–Trinajstić information content (AvgIpc) is 2.41. The number of ether oxygens (including phenoxy) is 1. The Hall–Kier alpha value is -1.55. The van der Waals surface area contributed by atoms with Gasteiger partial charge in [0.15, 0.2) is 0 Å². The molecule has 0 atom stereocenters. The smallest absolute Gasteiger partial charge is 0.339 e. The lowest BCUT2D eigenvalue weighted by Gasteiger charge is -2.10. The maximum absolute atomic E-state index is 11.0. The lowest BCUT2D eigenvalue weighted by atomic mass is 10.1. The zero-order chi connectivity index (χ0) is 14.8. The first-order chi connectivity index (χ1) is 9.61. The number of carboxylic acid groups (broad SMARTS) is 1. The first-order valence-electron chi connectivity index (χ1n) is 7.27. The van der Waals surface area contributed by atoms with Crippen molar-refractivity contribution in [2.24, 2.45) is 5.92 Å². The number of rotatable bonds is 10. The predicted molar refractivity (Wildman–Crippen MR) is 80.5 cm³/mol. The summed E-state index contributed by atoms with van der Waals surface area (Å²) in [5, 5.41) is 12.3. The molecule has 0 radical (unpaired) electrons. The number of benzene rings is 1. The second-order valence-corrected chi connectivity index (χ2v) is 5.29. The summed E-state index contributed by atoms with van der Waals surface area (Å²) in [6.07, 6.45) is 3.68. The van der Waals surface area contributed by atoms with Gasteiger partial charge in [-0.2, -0.15) is 0 Å². The minimum Gasteiger partial charge on any atom is -0.491 e. The molecule has 20 heavy (non-hydrogen) atoms. The molecule has 0 saturated carbocycles. The molecule has 0 saturated heterocycles. The Bertz CT molecular complexity index is 404. The summed E-state index contributed by atoms with van der Waals surface area (Å²) in [4.78, 5) is 11.0. The van der Waals surface area contributed by atoms with Gasteiger partial charge in [0.05, 0.1) is 0 Å². The molecule has 2 N–H and O–H groups in total. The van der Waals surface area contributed by atoms with Gasteiger partial charge in [0.25, 0.3) is 0 Å². The summed E-state index contributed by atoms with van der Waals surface area (Å²) < 4.78 is 5.50.